The molecule has 1 aliphatic heterocycles. The Kier molecular flexibility index (Phi) is 3.41. The molecule has 0 radical (unpaired) electrons. The summed E-state index contributed by atoms with van der Waals surface area (Å²) in [5.41, 5.74) is 2.78. The fraction of sp³-hybridized carbons (Fsp3) is 0.333. The molecular weight excluding hydrogens is 288 g/mol. The number of amides is 1. The highest BCUT2D eigenvalue weighted by atomic mass is 16.2. The third kappa shape index (κ3) is 2.42. The maximum atomic E-state index is 13.1. The van der Waals surface area contributed by atoms with Gasteiger partial charge in [-0.2, -0.15) is 0 Å². The number of carbonyl (C=O) groups is 1. The van der Waals surface area contributed by atoms with Crippen LogP contribution in [0.15, 0.2) is 43.0 Å². The number of nitrogens with zero attached hydrogens (tertiary/aromatic N) is 3. The third-order valence-electron chi connectivity index (χ3n) is 4.74. The van der Waals surface area contributed by atoms with Gasteiger partial charge in [-0.1, -0.05) is 18.2 Å². The highest BCUT2D eigenvalue weighted by Crippen LogP contribution is 2.27. The first-order valence-corrected chi connectivity index (χ1v) is 8.08. The number of rotatable bonds is 2. The standard InChI is InChI=1S/C18H20N4O/c1-13-17(15-6-2-3-7-16(15)20-13)18(23)21-9-4-5-14(11-21)22-10-8-19-12-22/h2-3,6-8,10,12,14,20H,4-5,9,11H2,1H3/t14-/m1/s1. The van der Waals surface area contributed by atoms with Gasteiger partial charge in [0.05, 0.1) is 17.9 Å². The Hall–Kier alpha value is -2.56. The number of piperidine rings is 1. The number of benzene rings is 1. The van der Waals surface area contributed by atoms with E-state index in [1.165, 1.54) is 0 Å². The lowest BCUT2D eigenvalue weighted by atomic mass is 10.0. The number of nitrogens with one attached hydrogen (secondary N) is 1. The summed E-state index contributed by atoms with van der Waals surface area (Å²) >= 11 is 0. The molecule has 3 heterocycles. The molecule has 0 spiro atoms. The van der Waals surface area contributed by atoms with Crippen LogP contribution in [0.25, 0.3) is 10.9 Å². The Labute approximate surface area is 134 Å². The first-order chi connectivity index (χ1) is 11.2. The zero-order chi connectivity index (χ0) is 15.8. The summed E-state index contributed by atoms with van der Waals surface area (Å²) in [5, 5.41) is 1.01. The number of hydrogen-bond acceptors (Lipinski definition) is 2. The lowest BCUT2D eigenvalue weighted by Crippen LogP contribution is -2.40. The van der Waals surface area contributed by atoms with Gasteiger partial charge in [-0.3, -0.25) is 4.79 Å². The van der Waals surface area contributed by atoms with Crippen molar-refractivity contribution in [1.29, 1.82) is 0 Å². The topological polar surface area (TPSA) is 53.9 Å². The van der Waals surface area contributed by atoms with Crippen molar-refractivity contribution < 1.29 is 4.79 Å². The SMILES string of the molecule is Cc1[nH]c2ccccc2c1C(=O)N1CCC[C@@H](n2ccnc2)C1. The van der Waals surface area contributed by atoms with Crippen molar-refractivity contribution in [2.75, 3.05) is 13.1 Å². The highest BCUT2D eigenvalue weighted by molar-refractivity contribution is 6.08. The molecular formula is C18H20N4O. The Morgan fingerprint density at radius 3 is 3.04 bits per heavy atom. The van der Waals surface area contributed by atoms with Gasteiger partial charge in [0, 0.05) is 42.1 Å². The van der Waals surface area contributed by atoms with Gasteiger partial charge in [-0.25, -0.2) is 4.98 Å². The third-order valence-corrected chi connectivity index (χ3v) is 4.74. The van der Waals surface area contributed by atoms with E-state index in [1.807, 2.05) is 48.6 Å². The largest absolute Gasteiger partial charge is 0.358 e. The number of para-hydroxylation sites is 1. The predicted octanol–water partition coefficient (Wildman–Crippen LogP) is 3.15. The number of fused-ring (bicyclic) bond motifs is 1. The molecule has 4 rings (SSSR count). The van der Waals surface area contributed by atoms with Crippen LogP contribution >= 0.6 is 0 Å². The summed E-state index contributed by atoms with van der Waals surface area (Å²) in [5.74, 6) is 0.129. The summed E-state index contributed by atoms with van der Waals surface area (Å²) in [7, 11) is 0. The van der Waals surface area contributed by atoms with E-state index in [4.69, 9.17) is 0 Å². The smallest absolute Gasteiger partial charge is 0.256 e. The molecule has 5 nitrogen and oxygen atoms in total. The lowest BCUT2D eigenvalue weighted by Gasteiger charge is -2.33. The summed E-state index contributed by atoms with van der Waals surface area (Å²) in [4.78, 5) is 22.5. The first kappa shape index (κ1) is 14.1. The summed E-state index contributed by atoms with van der Waals surface area (Å²) in [6.45, 7) is 3.54. The molecule has 5 heteroatoms. The molecule has 0 aliphatic carbocycles. The average molecular weight is 308 g/mol. The van der Waals surface area contributed by atoms with Crippen LogP contribution in [-0.2, 0) is 0 Å². The number of aromatic amines is 1. The van der Waals surface area contributed by atoms with Crippen LogP contribution in [0.1, 0.15) is 34.9 Å². The number of aromatic nitrogens is 3. The van der Waals surface area contributed by atoms with Crippen LogP contribution in [0.2, 0.25) is 0 Å². The number of carbonyl (C=O) groups excluding carboxylic acids is 1. The summed E-state index contributed by atoms with van der Waals surface area (Å²) in [6, 6.07) is 8.33. The quantitative estimate of drug-likeness (QED) is 0.790. The zero-order valence-corrected chi connectivity index (χ0v) is 13.2. The molecule has 2 aromatic heterocycles. The highest BCUT2D eigenvalue weighted by Gasteiger charge is 2.27. The second-order valence-corrected chi connectivity index (χ2v) is 6.23. The maximum absolute atomic E-state index is 13.1. The van der Waals surface area contributed by atoms with Gasteiger partial charge in [0.2, 0.25) is 0 Å². The van der Waals surface area contributed by atoms with E-state index in [1.54, 1.807) is 6.20 Å². The minimum atomic E-state index is 0.129. The Bertz CT molecular complexity index is 834. The van der Waals surface area contributed by atoms with Crippen LogP contribution in [0, 0.1) is 6.92 Å². The molecule has 23 heavy (non-hydrogen) atoms. The second kappa shape index (κ2) is 5.57. The monoisotopic (exact) mass is 308 g/mol. The van der Waals surface area contributed by atoms with Crippen molar-refractivity contribution in [2.24, 2.45) is 0 Å². The minimum Gasteiger partial charge on any atom is -0.358 e. The van der Waals surface area contributed by atoms with Gasteiger partial charge in [-0.15, -0.1) is 0 Å². The molecule has 1 aliphatic rings. The van der Waals surface area contributed by atoms with Crippen molar-refractivity contribution in [3.8, 4) is 0 Å². The molecule has 3 aromatic rings. The average Bonchev–Trinajstić information content (AvgIpc) is 3.21. The van der Waals surface area contributed by atoms with Gasteiger partial charge in [0.1, 0.15) is 0 Å². The predicted molar refractivity (Wildman–Crippen MR) is 89.4 cm³/mol. The fourth-order valence-electron chi connectivity index (χ4n) is 3.58. The molecule has 0 saturated carbocycles. The van der Waals surface area contributed by atoms with Gasteiger partial charge >= 0.3 is 0 Å². The Morgan fingerprint density at radius 1 is 1.35 bits per heavy atom. The first-order valence-electron chi connectivity index (χ1n) is 8.08. The van der Waals surface area contributed by atoms with E-state index in [-0.39, 0.29) is 5.91 Å². The number of hydrogen-bond donors (Lipinski definition) is 1. The van der Waals surface area contributed by atoms with E-state index in [2.05, 4.69) is 14.5 Å². The minimum absolute atomic E-state index is 0.129. The lowest BCUT2D eigenvalue weighted by molar-refractivity contribution is 0.0680. The molecule has 118 valence electrons. The van der Waals surface area contributed by atoms with Crippen LogP contribution in [0.3, 0.4) is 0 Å². The molecule has 1 amide bonds. The molecule has 0 bridgehead atoms. The molecule has 1 saturated heterocycles. The van der Waals surface area contributed by atoms with Gasteiger partial charge in [0.25, 0.3) is 5.91 Å². The maximum Gasteiger partial charge on any atom is 0.256 e. The van der Waals surface area contributed by atoms with E-state index in [9.17, 15) is 4.79 Å². The zero-order valence-electron chi connectivity index (χ0n) is 13.2. The Balaban J connectivity index is 1.64. The number of imidazole rings is 1. The van der Waals surface area contributed by atoms with Crippen LogP contribution in [-0.4, -0.2) is 38.4 Å². The van der Waals surface area contributed by atoms with Crippen LogP contribution in [0.5, 0.6) is 0 Å². The Morgan fingerprint density at radius 2 is 2.22 bits per heavy atom. The van der Waals surface area contributed by atoms with Crippen molar-refractivity contribution >= 4 is 16.8 Å². The van der Waals surface area contributed by atoms with Gasteiger partial charge < -0.3 is 14.5 Å². The summed E-state index contributed by atoms with van der Waals surface area (Å²) in [6.07, 6.45) is 7.73. The van der Waals surface area contributed by atoms with E-state index >= 15 is 0 Å². The van der Waals surface area contributed by atoms with Gasteiger partial charge in [0.15, 0.2) is 0 Å². The van der Waals surface area contributed by atoms with E-state index < -0.39 is 0 Å². The molecule has 1 fully saturated rings. The molecule has 1 N–H and O–H groups in total. The second-order valence-electron chi connectivity index (χ2n) is 6.23. The summed E-state index contributed by atoms with van der Waals surface area (Å²) < 4.78 is 2.11. The fourth-order valence-corrected chi connectivity index (χ4v) is 3.58. The number of H-pyrrole nitrogens is 1. The van der Waals surface area contributed by atoms with Crippen molar-refractivity contribution in [3.05, 3.63) is 54.2 Å². The number of aryl methyl sites for hydroxylation is 1. The van der Waals surface area contributed by atoms with E-state index in [0.29, 0.717) is 6.04 Å². The van der Waals surface area contributed by atoms with Crippen LogP contribution in [0.4, 0.5) is 0 Å². The van der Waals surface area contributed by atoms with Crippen molar-refractivity contribution in [1.82, 2.24) is 19.4 Å². The van der Waals surface area contributed by atoms with Crippen LogP contribution < -0.4 is 0 Å². The van der Waals surface area contributed by atoms with Crippen molar-refractivity contribution in [2.45, 2.75) is 25.8 Å². The number of likely N-dealkylation sites (tertiary alicyclic amines) is 1. The van der Waals surface area contributed by atoms with E-state index in [0.717, 1.165) is 48.1 Å². The van der Waals surface area contributed by atoms with Crippen molar-refractivity contribution in [3.63, 3.8) is 0 Å². The van der Waals surface area contributed by atoms with Gasteiger partial charge in [-0.05, 0) is 25.8 Å². The molecule has 0 unspecified atom stereocenters. The molecule has 1 aromatic carbocycles. The normalized spacial score (nSPS) is 18.5. The molecule has 1 atom stereocenters.